The fraction of sp³-hybridized carbons (Fsp3) is 0.308. The van der Waals surface area contributed by atoms with Gasteiger partial charge in [0.15, 0.2) is 0 Å². The molecule has 0 fully saturated rings. The van der Waals surface area contributed by atoms with Crippen LogP contribution < -0.4 is 5.32 Å². The summed E-state index contributed by atoms with van der Waals surface area (Å²) in [5.41, 5.74) is 2.67. The summed E-state index contributed by atoms with van der Waals surface area (Å²) in [5, 5.41) is 7.88. The van der Waals surface area contributed by atoms with Crippen LogP contribution in [0.15, 0.2) is 41.1 Å². The van der Waals surface area contributed by atoms with Crippen LogP contribution in [0, 0.1) is 0 Å². The Hall–Kier alpha value is -1.29. The molecule has 2 aromatic rings. The summed E-state index contributed by atoms with van der Waals surface area (Å²) in [6, 6.07) is 8.95. The Kier molecular flexibility index (Phi) is 2.89. The van der Waals surface area contributed by atoms with E-state index in [0.29, 0.717) is 6.04 Å². The van der Waals surface area contributed by atoms with E-state index in [-0.39, 0.29) is 0 Å². The van der Waals surface area contributed by atoms with E-state index in [2.05, 4.69) is 50.6 Å². The molecule has 1 aliphatic heterocycles. The fourth-order valence-electron chi connectivity index (χ4n) is 2.30. The summed E-state index contributed by atoms with van der Waals surface area (Å²) in [5.74, 6) is 0. The maximum Gasteiger partial charge on any atom is 0.0695 e. The summed E-state index contributed by atoms with van der Waals surface area (Å²) in [6.45, 7) is 0.936. The van der Waals surface area contributed by atoms with Gasteiger partial charge >= 0.3 is 0 Å². The number of hydrogen-bond acceptors (Lipinski definition) is 2. The number of para-hydroxylation sites is 1. The van der Waals surface area contributed by atoms with Gasteiger partial charge in [0.05, 0.1) is 16.7 Å². The first-order chi connectivity index (χ1) is 8.33. The van der Waals surface area contributed by atoms with E-state index in [1.807, 2.05) is 17.1 Å². The predicted molar refractivity (Wildman–Crippen MR) is 72.2 cm³/mol. The molecule has 3 nitrogen and oxygen atoms in total. The number of nitrogens with one attached hydrogen (secondary N) is 1. The van der Waals surface area contributed by atoms with Crippen LogP contribution in [0.25, 0.3) is 0 Å². The molecule has 0 saturated carbocycles. The summed E-state index contributed by atoms with van der Waals surface area (Å²) < 4.78 is 3.09. The van der Waals surface area contributed by atoms with E-state index < -0.39 is 0 Å². The Balaban J connectivity index is 1.81. The highest BCUT2D eigenvalue weighted by atomic mass is 79.9. The maximum absolute atomic E-state index is 4.37. The average Bonchev–Trinajstić information content (AvgIpc) is 2.66. The van der Waals surface area contributed by atoms with Crippen LogP contribution >= 0.6 is 15.9 Å². The lowest BCUT2D eigenvalue weighted by Gasteiger charge is -2.14. The number of anilines is 1. The smallest absolute Gasteiger partial charge is 0.0695 e. The lowest BCUT2D eigenvalue weighted by atomic mass is 10.1. The number of halogens is 1. The molecule has 0 amide bonds. The third-order valence-electron chi connectivity index (χ3n) is 3.24. The van der Waals surface area contributed by atoms with Crippen molar-refractivity contribution in [3.05, 3.63) is 46.7 Å². The number of rotatable bonds is 1. The van der Waals surface area contributed by atoms with E-state index in [0.717, 1.165) is 23.9 Å². The monoisotopic (exact) mass is 291 g/mol. The molecule has 4 heteroatoms. The van der Waals surface area contributed by atoms with Gasteiger partial charge in [0.1, 0.15) is 0 Å². The number of benzene rings is 1. The van der Waals surface area contributed by atoms with Crippen molar-refractivity contribution in [3.63, 3.8) is 0 Å². The molecule has 0 radical (unpaired) electrons. The van der Waals surface area contributed by atoms with Crippen molar-refractivity contribution in [3.8, 4) is 0 Å². The molecule has 1 atom stereocenters. The maximum atomic E-state index is 4.37. The molecule has 0 saturated heterocycles. The van der Waals surface area contributed by atoms with Crippen molar-refractivity contribution in [1.82, 2.24) is 9.78 Å². The van der Waals surface area contributed by atoms with Crippen LogP contribution in [0.3, 0.4) is 0 Å². The molecule has 0 aliphatic carbocycles. The Labute approximate surface area is 109 Å². The standard InChI is InChI=1S/C13H14BrN3/c14-11-7-16-17(9-11)12-6-5-10-3-1-2-4-13(10)15-8-12/h1-4,7,9,12,15H,5-6,8H2. The van der Waals surface area contributed by atoms with Gasteiger partial charge in [0, 0.05) is 18.4 Å². The van der Waals surface area contributed by atoms with E-state index in [4.69, 9.17) is 0 Å². The molecular weight excluding hydrogens is 278 g/mol. The number of aryl methyl sites for hydroxylation is 1. The van der Waals surface area contributed by atoms with Crippen LogP contribution in [-0.2, 0) is 6.42 Å². The normalized spacial score (nSPS) is 19.2. The third kappa shape index (κ3) is 2.22. The fourth-order valence-corrected chi connectivity index (χ4v) is 2.60. The van der Waals surface area contributed by atoms with E-state index in [9.17, 15) is 0 Å². The molecular formula is C13H14BrN3. The highest BCUT2D eigenvalue weighted by Crippen LogP contribution is 2.26. The van der Waals surface area contributed by atoms with Crippen molar-refractivity contribution in [2.75, 3.05) is 11.9 Å². The molecule has 1 aromatic carbocycles. The Morgan fingerprint density at radius 2 is 2.24 bits per heavy atom. The van der Waals surface area contributed by atoms with Gasteiger partial charge in [0.25, 0.3) is 0 Å². The molecule has 17 heavy (non-hydrogen) atoms. The van der Waals surface area contributed by atoms with Gasteiger partial charge in [-0.1, -0.05) is 18.2 Å². The Bertz CT molecular complexity index is 494. The van der Waals surface area contributed by atoms with E-state index in [1.165, 1.54) is 11.3 Å². The molecule has 1 unspecified atom stereocenters. The Morgan fingerprint density at radius 1 is 1.35 bits per heavy atom. The SMILES string of the molecule is Brc1cnn(C2CCc3ccccc3NC2)c1. The van der Waals surface area contributed by atoms with Crippen LogP contribution in [0.4, 0.5) is 5.69 Å². The Morgan fingerprint density at radius 3 is 3.06 bits per heavy atom. The first-order valence-corrected chi connectivity index (χ1v) is 6.63. The summed E-state index contributed by atoms with van der Waals surface area (Å²) in [7, 11) is 0. The van der Waals surface area contributed by atoms with Crippen molar-refractivity contribution in [2.24, 2.45) is 0 Å². The molecule has 0 bridgehead atoms. The molecule has 1 N–H and O–H groups in total. The zero-order valence-electron chi connectivity index (χ0n) is 9.44. The van der Waals surface area contributed by atoms with Gasteiger partial charge in [-0.2, -0.15) is 5.10 Å². The average molecular weight is 292 g/mol. The second-order valence-corrected chi connectivity index (χ2v) is 5.28. The molecule has 0 spiro atoms. The lowest BCUT2D eigenvalue weighted by Crippen LogP contribution is -2.17. The van der Waals surface area contributed by atoms with Gasteiger partial charge in [-0.3, -0.25) is 4.68 Å². The molecule has 2 heterocycles. The zero-order valence-corrected chi connectivity index (χ0v) is 11.0. The number of aromatic nitrogens is 2. The number of fused-ring (bicyclic) bond motifs is 1. The quantitative estimate of drug-likeness (QED) is 0.874. The van der Waals surface area contributed by atoms with E-state index >= 15 is 0 Å². The molecule has 88 valence electrons. The minimum absolute atomic E-state index is 0.425. The highest BCUT2D eigenvalue weighted by molar-refractivity contribution is 9.10. The number of nitrogens with zero attached hydrogens (tertiary/aromatic N) is 2. The molecule has 3 rings (SSSR count). The predicted octanol–water partition coefficient (Wildman–Crippen LogP) is 3.25. The van der Waals surface area contributed by atoms with Crippen molar-refractivity contribution >= 4 is 21.6 Å². The third-order valence-corrected chi connectivity index (χ3v) is 3.65. The van der Waals surface area contributed by atoms with E-state index in [1.54, 1.807) is 0 Å². The minimum atomic E-state index is 0.425. The van der Waals surface area contributed by atoms with Crippen LogP contribution in [0.1, 0.15) is 18.0 Å². The zero-order chi connectivity index (χ0) is 11.7. The second kappa shape index (κ2) is 4.53. The topological polar surface area (TPSA) is 29.9 Å². The van der Waals surface area contributed by atoms with Crippen LogP contribution in [0.2, 0.25) is 0 Å². The lowest BCUT2D eigenvalue weighted by molar-refractivity contribution is 0.449. The first-order valence-electron chi connectivity index (χ1n) is 5.84. The minimum Gasteiger partial charge on any atom is -0.383 e. The molecule has 1 aliphatic rings. The van der Waals surface area contributed by atoms with Gasteiger partial charge in [0.2, 0.25) is 0 Å². The van der Waals surface area contributed by atoms with Crippen LogP contribution in [-0.4, -0.2) is 16.3 Å². The number of hydrogen-bond donors (Lipinski definition) is 1. The van der Waals surface area contributed by atoms with Gasteiger partial charge < -0.3 is 5.32 Å². The second-order valence-electron chi connectivity index (χ2n) is 4.37. The van der Waals surface area contributed by atoms with Gasteiger partial charge in [-0.05, 0) is 40.4 Å². The van der Waals surface area contributed by atoms with Crippen molar-refractivity contribution in [2.45, 2.75) is 18.9 Å². The summed E-state index contributed by atoms with van der Waals surface area (Å²) in [6.07, 6.45) is 6.11. The van der Waals surface area contributed by atoms with Gasteiger partial charge in [-0.15, -0.1) is 0 Å². The largest absolute Gasteiger partial charge is 0.383 e. The highest BCUT2D eigenvalue weighted by Gasteiger charge is 2.17. The van der Waals surface area contributed by atoms with Crippen LogP contribution in [0.5, 0.6) is 0 Å². The summed E-state index contributed by atoms with van der Waals surface area (Å²) in [4.78, 5) is 0. The van der Waals surface area contributed by atoms with Crippen molar-refractivity contribution in [1.29, 1.82) is 0 Å². The first kappa shape index (κ1) is 10.8. The summed E-state index contributed by atoms with van der Waals surface area (Å²) >= 11 is 3.44. The van der Waals surface area contributed by atoms with Gasteiger partial charge in [-0.25, -0.2) is 0 Å². The molecule has 1 aromatic heterocycles. The van der Waals surface area contributed by atoms with Crippen molar-refractivity contribution < 1.29 is 0 Å².